The molecule has 0 atom stereocenters. The lowest BCUT2D eigenvalue weighted by atomic mass is 9.96. The van der Waals surface area contributed by atoms with E-state index in [0.29, 0.717) is 11.1 Å². The van der Waals surface area contributed by atoms with Gasteiger partial charge >= 0.3 is 11.9 Å². The SMILES string of the molecule is Cc1ccc(C)c(C(=O)NCC(=O)O)c1C(=O)O. The van der Waals surface area contributed by atoms with Crippen molar-refractivity contribution in [1.29, 1.82) is 0 Å². The van der Waals surface area contributed by atoms with Gasteiger partial charge in [0.05, 0.1) is 11.1 Å². The fourth-order valence-electron chi connectivity index (χ4n) is 1.62. The van der Waals surface area contributed by atoms with Crippen LogP contribution in [0.1, 0.15) is 31.8 Å². The third-order valence-electron chi connectivity index (χ3n) is 2.46. The molecule has 0 aromatic heterocycles. The van der Waals surface area contributed by atoms with Crippen molar-refractivity contribution < 1.29 is 24.6 Å². The Labute approximate surface area is 103 Å². The Hall–Kier alpha value is -2.37. The summed E-state index contributed by atoms with van der Waals surface area (Å²) in [4.78, 5) is 33.3. The Morgan fingerprint density at radius 3 is 2.00 bits per heavy atom. The van der Waals surface area contributed by atoms with Gasteiger partial charge in [-0.2, -0.15) is 0 Å². The second-order valence-corrected chi connectivity index (χ2v) is 3.83. The first-order valence-corrected chi connectivity index (χ1v) is 5.18. The molecule has 1 aromatic carbocycles. The molecule has 18 heavy (non-hydrogen) atoms. The Morgan fingerprint density at radius 1 is 1.06 bits per heavy atom. The van der Waals surface area contributed by atoms with E-state index in [9.17, 15) is 14.4 Å². The standard InChI is InChI=1S/C12H13NO5/c1-6-3-4-7(2)10(12(17)18)9(6)11(16)13-5-8(14)15/h3-4H,5H2,1-2H3,(H,13,16)(H,14,15)(H,17,18). The molecular formula is C12H13NO5. The molecule has 0 bridgehead atoms. The van der Waals surface area contributed by atoms with Crippen molar-refractivity contribution in [2.24, 2.45) is 0 Å². The molecule has 6 nitrogen and oxygen atoms in total. The summed E-state index contributed by atoms with van der Waals surface area (Å²) in [6.45, 7) is 2.63. The van der Waals surface area contributed by atoms with Gasteiger partial charge in [0.25, 0.3) is 5.91 Å². The number of aryl methyl sites for hydroxylation is 2. The number of aromatic carboxylic acids is 1. The third-order valence-corrected chi connectivity index (χ3v) is 2.46. The summed E-state index contributed by atoms with van der Waals surface area (Å²) >= 11 is 0. The number of hydrogen-bond acceptors (Lipinski definition) is 3. The number of carboxylic acids is 2. The maximum atomic E-state index is 11.8. The summed E-state index contributed by atoms with van der Waals surface area (Å²) < 4.78 is 0. The van der Waals surface area contributed by atoms with E-state index in [1.165, 1.54) is 0 Å². The van der Waals surface area contributed by atoms with Crippen LogP contribution in [0.25, 0.3) is 0 Å². The second kappa shape index (κ2) is 5.31. The highest BCUT2D eigenvalue weighted by Crippen LogP contribution is 2.18. The first kappa shape index (κ1) is 13.7. The van der Waals surface area contributed by atoms with E-state index in [0.717, 1.165) is 0 Å². The maximum absolute atomic E-state index is 11.8. The van der Waals surface area contributed by atoms with E-state index in [1.54, 1.807) is 26.0 Å². The van der Waals surface area contributed by atoms with Crippen molar-refractivity contribution in [3.63, 3.8) is 0 Å². The summed E-state index contributed by atoms with van der Waals surface area (Å²) in [6.07, 6.45) is 0. The Morgan fingerprint density at radius 2 is 1.56 bits per heavy atom. The fourth-order valence-corrected chi connectivity index (χ4v) is 1.62. The molecule has 1 aromatic rings. The molecule has 3 N–H and O–H groups in total. The van der Waals surface area contributed by atoms with Crippen molar-refractivity contribution >= 4 is 17.8 Å². The van der Waals surface area contributed by atoms with Crippen LogP contribution < -0.4 is 5.32 Å². The molecule has 0 saturated carbocycles. The Kier molecular flexibility index (Phi) is 4.04. The highest BCUT2D eigenvalue weighted by Gasteiger charge is 2.21. The van der Waals surface area contributed by atoms with Gasteiger partial charge in [-0.05, 0) is 25.0 Å². The monoisotopic (exact) mass is 251 g/mol. The van der Waals surface area contributed by atoms with Gasteiger partial charge < -0.3 is 15.5 Å². The van der Waals surface area contributed by atoms with Gasteiger partial charge in [0.2, 0.25) is 0 Å². The van der Waals surface area contributed by atoms with Crippen molar-refractivity contribution in [1.82, 2.24) is 5.32 Å². The van der Waals surface area contributed by atoms with Crippen molar-refractivity contribution in [2.45, 2.75) is 13.8 Å². The summed E-state index contributed by atoms with van der Waals surface area (Å²) in [5.41, 5.74) is 0.844. The van der Waals surface area contributed by atoms with Crippen LogP contribution in [0.2, 0.25) is 0 Å². The molecule has 1 rings (SSSR count). The van der Waals surface area contributed by atoms with Gasteiger partial charge in [0.1, 0.15) is 6.54 Å². The molecule has 0 aliphatic heterocycles. The van der Waals surface area contributed by atoms with Gasteiger partial charge in [-0.3, -0.25) is 9.59 Å². The molecule has 6 heteroatoms. The average molecular weight is 251 g/mol. The number of rotatable bonds is 4. The number of nitrogens with one attached hydrogen (secondary N) is 1. The lowest BCUT2D eigenvalue weighted by molar-refractivity contribution is -0.135. The van der Waals surface area contributed by atoms with E-state index in [2.05, 4.69) is 5.32 Å². The highest BCUT2D eigenvalue weighted by molar-refractivity contribution is 6.07. The summed E-state index contributed by atoms with van der Waals surface area (Å²) in [5, 5.41) is 19.7. The van der Waals surface area contributed by atoms with Crippen molar-refractivity contribution in [3.05, 3.63) is 34.4 Å². The molecule has 0 heterocycles. The largest absolute Gasteiger partial charge is 0.480 e. The smallest absolute Gasteiger partial charge is 0.336 e. The predicted molar refractivity (Wildman–Crippen MR) is 62.8 cm³/mol. The van der Waals surface area contributed by atoms with Gasteiger partial charge in [-0.1, -0.05) is 12.1 Å². The lowest BCUT2D eigenvalue weighted by Crippen LogP contribution is -2.31. The quantitative estimate of drug-likeness (QED) is 0.734. The zero-order chi connectivity index (χ0) is 13.9. The van der Waals surface area contributed by atoms with E-state index >= 15 is 0 Å². The van der Waals surface area contributed by atoms with Crippen LogP contribution in [-0.4, -0.2) is 34.6 Å². The number of benzene rings is 1. The molecule has 0 spiro atoms. The molecule has 0 radical (unpaired) electrons. The molecular weight excluding hydrogens is 238 g/mol. The number of carbonyl (C=O) groups is 3. The van der Waals surface area contributed by atoms with E-state index in [1.807, 2.05) is 0 Å². The average Bonchev–Trinajstić information content (AvgIpc) is 2.28. The molecule has 96 valence electrons. The van der Waals surface area contributed by atoms with Crippen LogP contribution in [-0.2, 0) is 4.79 Å². The number of carboxylic acid groups (broad SMARTS) is 2. The zero-order valence-electron chi connectivity index (χ0n) is 9.98. The predicted octanol–water partition coefficient (Wildman–Crippen LogP) is 0.816. The van der Waals surface area contributed by atoms with E-state index in [4.69, 9.17) is 10.2 Å². The summed E-state index contributed by atoms with van der Waals surface area (Å²) in [6, 6.07) is 3.23. The third kappa shape index (κ3) is 2.85. The Bertz CT molecular complexity index is 521. The van der Waals surface area contributed by atoms with Gasteiger partial charge in [-0.15, -0.1) is 0 Å². The summed E-state index contributed by atoms with van der Waals surface area (Å²) in [7, 11) is 0. The van der Waals surface area contributed by atoms with Crippen molar-refractivity contribution in [3.8, 4) is 0 Å². The normalized spacial score (nSPS) is 9.89. The van der Waals surface area contributed by atoms with Crippen molar-refractivity contribution in [2.75, 3.05) is 6.54 Å². The molecule has 1 amide bonds. The van der Waals surface area contributed by atoms with Crippen LogP contribution in [0, 0.1) is 13.8 Å². The van der Waals surface area contributed by atoms with E-state index < -0.39 is 24.4 Å². The molecule has 0 saturated heterocycles. The second-order valence-electron chi connectivity index (χ2n) is 3.83. The van der Waals surface area contributed by atoms with Gasteiger partial charge in [-0.25, -0.2) is 4.79 Å². The first-order chi connectivity index (χ1) is 8.34. The first-order valence-electron chi connectivity index (χ1n) is 5.18. The minimum Gasteiger partial charge on any atom is -0.480 e. The topological polar surface area (TPSA) is 104 Å². The number of aliphatic carboxylic acids is 1. The lowest BCUT2D eigenvalue weighted by Gasteiger charge is -2.11. The number of carbonyl (C=O) groups excluding carboxylic acids is 1. The van der Waals surface area contributed by atoms with Crippen LogP contribution in [0.3, 0.4) is 0 Å². The van der Waals surface area contributed by atoms with Gasteiger partial charge in [0, 0.05) is 0 Å². The minimum absolute atomic E-state index is 0.00347. The molecule has 0 unspecified atom stereocenters. The molecule has 0 aliphatic carbocycles. The van der Waals surface area contributed by atoms with E-state index in [-0.39, 0.29) is 11.1 Å². The minimum atomic E-state index is -1.21. The van der Waals surface area contributed by atoms with Crippen LogP contribution in [0.15, 0.2) is 12.1 Å². The van der Waals surface area contributed by atoms with Crippen LogP contribution in [0.4, 0.5) is 0 Å². The maximum Gasteiger partial charge on any atom is 0.336 e. The van der Waals surface area contributed by atoms with Crippen LogP contribution in [0.5, 0.6) is 0 Å². The van der Waals surface area contributed by atoms with Gasteiger partial charge in [0.15, 0.2) is 0 Å². The number of hydrogen-bond donors (Lipinski definition) is 3. The molecule has 0 fully saturated rings. The Balaban J connectivity index is 3.21. The summed E-state index contributed by atoms with van der Waals surface area (Å²) in [5.74, 6) is -3.10. The fraction of sp³-hybridized carbons (Fsp3) is 0.250. The molecule has 0 aliphatic rings. The van der Waals surface area contributed by atoms with Crippen LogP contribution >= 0.6 is 0 Å². The highest BCUT2D eigenvalue weighted by atomic mass is 16.4. The number of amides is 1. The zero-order valence-corrected chi connectivity index (χ0v) is 9.98.